The van der Waals surface area contributed by atoms with Crippen LogP contribution in [0.5, 0.6) is 0 Å². The Balaban J connectivity index is 4.15. The molecule has 0 saturated carbocycles. The molecule has 0 heterocycles. The van der Waals surface area contributed by atoms with Crippen LogP contribution in [0, 0.1) is 6.07 Å². The maximum Gasteiger partial charge on any atom is 0.350 e. The molecule has 0 spiro atoms. The normalized spacial score (nSPS) is 10.5. The summed E-state index contributed by atoms with van der Waals surface area (Å²) < 4.78 is 0. The highest BCUT2D eigenvalue weighted by Gasteiger charge is 2.08. The van der Waals surface area contributed by atoms with Crippen LogP contribution >= 0.6 is 0 Å². The number of carboxylic acids is 1. The van der Waals surface area contributed by atoms with E-state index in [1.807, 2.05) is 6.92 Å². The lowest BCUT2D eigenvalue weighted by Crippen LogP contribution is -1.97. The highest BCUT2D eigenvalue weighted by atomic mass is 16.4. The van der Waals surface area contributed by atoms with Gasteiger partial charge < -0.3 is 5.11 Å². The minimum absolute atomic E-state index is 0.165. The van der Waals surface area contributed by atoms with Crippen molar-refractivity contribution >= 4 is 5.97 Å². The van der Waals surface area contributed by atoms with Gasteiger partial charge in [-0.25, -0.2) is 4.79 Å². The molecule has 0 aliphatic rings. The number of hydrogen-bond acceptors (Lipinski definition) is 1. The molecule has 0 aliphatic heterocycles. The molecule has 3 nitrogen and oxygen atoms in total. The van der Waals surface area contributed by atoms with Crippen molar-refractivity contribution in [1.29, 1.82) is 0 Å². The summed E-state index contributed by atoms with van der Waals surface area (Å²) in [5.74, 6) is -0.956. The molecule has 0 fully saturated rings. The van der Waals surface area contributed by atoms with E-state index < -0.39 is 5.97 Å². The standard InChI is InChI=1S/C10H15NO2/c1-3-5-7-11-8-9(6-4-2)10(12)13/h6H,3-5,7H2,1-2H3/p+1. The number of rotatable bonds is 4. The number of hydrogen-bond donors (Lipinski definition) is 1. The monoisotopic (exact) mass is 182 g/mol. The minimum atomic E-state index is -0.956. The molecule has 0 aromatic carbocycles. The molecular weight excluding hydrogens is 166 g/mol. The Bertz CT molecular complexity index is 245. The quantitative estimate of drug-likeness (QED) is 0.412. The maximum atomic E-state index is 10.6. The molecule has 0 unspecified atom stereocenters. The number of carbonyl (C=O) groups is 1. The van der Waals surface area contributed by atoms with E-state index >= 15 is 0 Å². The lowest BCUT2D eigenvalue weighted by Gasteiger charge is -1.82. The van der Waals surface area contributed by atoms with Crippen molar-refractivity contribution in [3.63, 3.8) is 0 Å². The largest absolute Gasteiger partial charge is 0.477 e. The zero-order valence-electron chi connectivity index (χ0n) is 8.21. The minimum Gasteiger partial charge on any atom is -0.477 e. The van der Waals surface area contributed by atoms with E-state index in [-0.39, 0.29) is 5.57 Å². The summed E-state index contributed by atoms with van der Waals surface area (Å²) in [6, 6.07) is 2.54. The summed E-state index contributed by atoms with van der Waals surface area (Å²) in [4.78, 5) is 14.5. The van der Waals surface area contributed by atoms with Crippen molar-refractivity contribution < 1.29 is 9.90 Å². The van der Waals surface area contributed by atoms with Gasteiger partial charge in [0.2, 0.25) is 0 Å². The molecule has 3 heteroatoms. The molecule has 72 valence electrons. The SMILES string of the molecule is CCC=C(C#[N+]CCCC)C(=O)O. The van der Waals surface area contributed by atoms with Crippen LogP contribution in [0.25, 0.3) is 4.85 Å². The Morgan fingerprint density at radius 2 is 2.23 bits per heavy atom. The highest BCUT2D eigenvalue weighted by molar-refractivity contribution is 5.91. The molecule has 13 heavy (non-hydrogen) atoms. The summed E-state index contributed by atoms with van der Waals surface area (Å²) in [7, 11) is 0. The van der Waals surface area contributed by atoms with Gasteiger partial charge in [0.15, 0.2) is 5.57 Å². The van der Waals surface area contributed by atoms with Crippen LogP contribution in [0.4, 0.5) is 0 Å². The summed E-state index contributed by atoms with van der Waals surface area (Å²) in [5, 5.41) is 8.67. The zero-order chi connectivity index (χ0) is 10.1. The molecule has 0 amide bonds. The third-order valence-electron chi connectivity index (χ3n) is 1.46. The Labute approximate surface area is 78.9 Å². The third kappa shape index (κ3) is 5.92. The Morgan fingerprint density at radius 1 is 1.54 bits per heavy atom. The maximum absolute atomic E-state index is 10.6. The van der Waals surface area contributed by atoms with Gasteiger partial charge in [-0.3, -0.25) is 0 Å². The Kier molecular flexibility index (Phi) is 6.62. The van der Waals surface area contributed by atoms with E-state index in [2.05, 4.69) is 17.8 Å². The first kappa shape index (κ1) is 11.7. The van der Waals surface area contributed by atoms with Crippen LogP contribution in [0.3, 0.4) is 0 Å². The van der Waals surface area contributed by atoms with Crippen molar-refractivity contribution in [3.05, 3.63) is 16.5 Å². The topological polar surface area (TPSA) is 41.7 Å². The molecule has 0 aliphatic carbocycles. The van der Waals surface area contributed by atoms with Crippen molar-refractivity contribution in [2.75, 3.05) is 6.54 Å². The molecule has 0 saturated heterocycles. The van der Waals surface area contributed by atoms with Gasteiger partial charge in [0.25, 0.3) is 6.54 Å². The Morgan fingerprint density at radius 3 is 2.69 bits per heavy atom. The van der Waals surface area contributed by atoms with Crippen LogP contribution in [0.2, 0.25) is 0 Å². The fourth-order valence-electron chi connectivity index (χ4n) is 0.763. The lowest BCUT2D eigenvalue weighted by molar-refractivity contribution is -0.132. The van der Waals surface area contributed by atoms with Crippen LogP contribution in [0.1, 0.15) is 33.1 Å². The van der Waals surface area contributed by atoms with Crippen LogP contribution < -0.4 is 0 Å². The van der Waals surface area contributed by atoms with Gasteiger partial charge in [0, 0.05) is 6.42 Å². The van der Waals surface area contributed by atoms with E-state index in [1.54, 1.807) is 6.08 Å². The second-order valence-corrected chi connectivity index (χ2v) is 2.68. The van der Waals surface area contributed by atoms with Gasteiger partial charge >= 0.3 is 12.0 Å². The molecule has 0 bridgehead atoms. The fourth-order valence-corrected chi connectivity index (χ4v) is 0.763. The van der Waals surface area contributed by atoms with Crippen molar-refractivity contribution in [1.82, 2.24) is 0 Å². The van der Waals surface area contributed by atoms with Gasteiger partial charge in [-0.2, -0.15) is 0 Å². The van der Waals surface area contributed by atoms with Gasteiger partial charge in [-0.05, 0) is 12.8 Å². The van der Waals surface area contributed by atoms with Crippen molar-refractivity contribution in [2.45, 2.75) is 33.1 Å². The summed E-state index contributed by atoms with van der Waals surface area (Å²) in [5.41, 5.74) is 0.165. The molecule has 1 N–H and O–H groups in total. The lowest BCUT2D eigenvalue weighted by atomic mass is 10.2. The molecular formula is C10H16NO2+. The van der Waals surface area contributed by atoms with E-state index in [4.69, 9.17) is 5.11 Å². The fraction of sp³-hybridized carbons (Fsp3) is 0.600. The van der Waals surface area contributed by atoms with E-state index in [9.17, 15) is 4.79 Å². The summed E-state index contributed by atoms with van der Waals surface area (Å²) in [6.45, 7) is 4.61. The summed E-state index contributed by atoms with van der Waals surface area (Å²) >= 11 is 0. The van der Waals surface area contributed by atoms with Gasteiger partial charge in [0.1, 0.15) is 0 Å². The molecule has 0 rings (SSSR count). The second kappa shape index (κ2) is 7.35. The number of carboxylic acid groups (broad SMARTS) is 1. The molecule has 0 radical (unpaired) electrons. The predicted molar refractivity (Wildman–Crippen MR) is 53.0 cm³/mol. The first-order chi connectivity index (χ1) is 6.22. The van der Waals surface area contributed by atoms with Gasteiger partial charge in [-0.15, -0.1) is 0 Å². The first-order valence-corrected chi connectivity index (χ1v) is 4.58. The van der Waals surface area contributed by atoms with Crippen molar-refractivity contribution in [2.24, 2.45) is 0 Å². The van der Waals surface area contributed by atoms with Gasteiger partial charge in [0.05, 0.1) is 0 Å². The molecule has 0 aromatic rings. The van der Waals surface area contributed by atoms with Gasteiger partial charge in [-0.1, -0.05) is 24.8 Å². The van der Waals surface area contributed by atoms with Crippen LogP contribution in [-0.2, 0) is 4.79 Å². The average Bonchev–Trinajstić information content (AvgIpc) is 2.10. The van der Waals surface area contributed by atoms with Crippen molar-refractivity contribution in [3.8, 4) is 6.07 Å². The van der Waals surface area contributed by atoms with Crippen LogP contribution in [0.15, 0.2) is 11.6 Å². The van der Waals surface area contributed by atoms with E-state index in [0.717, 1.165) is 12.8 Å². The second-order valence-electron chi connectivity index (χ2n) is 2.68. The zero-order valence-corrected chi connectivity index (χ0v) is 8.21. The number of unbranched alkanes of at least 4 members (excludes halogenated alkanes) is 1. The number of allylic oxidation sites excluding steroid dienone is 1. The van der Waals surface area contributed by atoms with Crippen LogP contribution in [-0.4, -0.2) is 17.6 Å². The van der Waals surface area contributed by atoms with E-state index in [0.29, 0.717) is 13.0 Å². The van der Waals surface area contributed by atoms with E-state index in [1.165, 1.54) is 0 Å². The molecule has 0 atom stereocenters. The number of nitrogens with zero attached hydrogens (tertiary/aromatic N) is 1. The predicted octanol–water partition coefficient (Wildman–Crippen LogP) is 2.54. The highest BCUT2D eigenvalue weighted by Crippen LogP contribution is 1.96. The third-order valence-corrected chi connectivity index (χ3v) is 1.46. The molecule has 0 aromatic heterocycles. The Hall–Kier alpha value is -1.30. The number of aliphatic carboxylic acids is 1. The average molecular weight is 182 g/mol. The smallest absolute Gasteiger partial charge is 0.350 e. The summed E-state index contributed by atoms with van der Waals surface area (Å²) in [6.07, 6.45) is 4.34. The first-order valence-electron chi connectivity index (χ1n) is 4.58.